The Morgan fingerprint density at radius 3 is 1.36 bits per heavy atom. The van der Waals surface area contributed by atoms with Gasteiger partial charge >= 0.3 is 0 Å². The lowest BCUT2D eigenvalue weighted by Crippen LogP contribution is -2.55. The molecule has 18 nitrogen and oxygen atoms in total. The number of carbonyl (C=O) groups is 2. The van der Waals surface area contributed by atoms with Crippen LogP contribution in [0.5, 0.6) is 0 Å². The van der Waals surface area contributed by atoms with Gasteiger partial charge in [-0.05, 0) is 73.5 Å². The minimum Gasteiger partial charge on any atom is -0.325 e. The predicted octanol–water partition coefficient (Wildman–Crippen LogP) is 6.38. The lowest BCUT2D eigenvalue weighted by molar-refractivity contribution is -0.120. The fourth-order valence-electron chi connectivity index (χ4n) is 6.42. The molecule has 2 saturated heterocycles. The summed E-state index contributed by atoms with van der Waals surface area (Å²) in [6, 6.07) is 11.6. The average Bonchev–Trinajstić information content (AvgIpc) is 4.05. The second kappa shape index (κ2) is 20.2. The number of likely N-dealkylation sites (N-methyl/N-ethyl adjacent to an activating group) is 2. The van der Waals surface area contributed by atoms with E-state index in [1.165, 1.54) is 61.0 Å². The van der Waals surface area contributed by atoms with E-state index >= 15 is 0 Å². The Kier molecular flexibility index (Phi) is 15.8. The summed E-state index contributed by atoms with van der Waals surface area (Å²) >= 11 is 14.2. The number of halogens is 4. The van der Waals surface area contributed by atoms with E-state index in [4.69, 9.17) is 23.2 Å². The summed E-state index contributed by atoms with van der Waals surface area (Å²) < 4.78 is 87.7. The lowest BCUT2D eigenvalue weighted by atomic mass is 10.1. The molecule has 2 aliphatic heterocycles. The van der Waals surface area contributed by atoms with E-state index in [0.717, 1.165) is 40.3 Å². The summed E-state index contributed by atoms with van der Waals surface area (Å²) in [5, 5.41) is 13.4. The van der Waals surface area contributed by atoms with Gasteiger partial charge in [-0.1, -0.05) is 38.1 Å². The molecular formula is C38H44Cl2F2N12O6S4. The van der Waals surface area contributed by atoms with Gasteiger partial charge in [0.25, 0.3) is 20.4 Å². The normalized spacial score (nSPS) is 20.5. The van der Waals surface area contributed by atoms with E-state index in [2.05, 4.69) is 40.2 Å². The first-order chi connectivity index (χ1) is 29.3. The number of rotatable bonds is 8. The Morgan fingerprint density at radius 1 is 0.656 bits per heavy atom. The fraction of sp³-hybridized carbons (Fsp3) is 0.316. The number of hydrogen-bond donors (Lipinski definition) is 4. The van der Waals surface area contributed by atoms with E-state index in [-0.39, 0.29) is 49.1 Å². The Labute approximate surface area is 387 Å². The highest BCUT2D eigenvalue weighted by Gasteiger charge is 2.42. The summed E-state index contributed by atoms with van der Waals surface area (Å²) in [6.45, 7) is 0. The van der Waals surface area contributed by atoms with Gasteiger partial charge in [-0.15, -0.1) is 22.7 Å². The van der Waals surface area contributed by atoms with Crippen molar-refractivity contribution in [3.63, 3.8) is 0 Å². The third kappa shape index (κ3) is 11.2. The van der Waals surface area contributed by atoms with Crippen LogP contribution in [0, 0.1) is 11.6 Å². The molecule has 26 heteroatoms. The number of carbonyl (C=O) groups excluding carboxylic acids is 2. The quantitative estimate of drug-likeness (QED) is 0.132. The highest BCUT2D eigenvalue weighted by atomic mass is 35.5. The molecule has 0 aliphatic carbocycles. The van der Waals surface area contributed by atoms with Crippen molar-refractivity contribution in [2.45, 2.75) is 51.9 Å². The van der Waals surface area contributed by atoms with Gasteiger partial charge in [0, 0.05) is 49.3 Å². The number of aromatic nitrogens is 6. The Bertz CT molecular complexity index is 2680. The lowest BCUT2D eigenvalue weighted by Gasteiger charge is -2.35. The number of anilines is 2. The van der Waals surface area contributed by atoms with Crippen LogP contribution >= 0.6 is 45.9 Å². The molecule has 344 valence electrons. The SMILES string of the molecule is C.C.CN1[C@@H](C(=O)Nc2ccc(F)c(Cl)c2)C[C@@H](c2ccc(-c3ncn(C)n3)s2)NS1(=O)=O.CN1[C@H](C(=O)Nc2ccc(F)c(Cl)c2)C[C@H](c2ccc(-c3ncn(C)n3)s2)NS1(=O)=O. The van der Waals surface area contributed by atoms with E-state index in [1.807, 2.05) is 12.1 Å². The van der Waals surface area contributed by atoms with Crippen molar-refractivity contribution < 1.29 is 35.2 Å². The zero-order valence-electron chi connectivity index (χ0n) is 32.8. The molecule has 4 atom stereocenters. The minimum absolute atomic E-state index is 0. The van der Waals surface area contributed by atoms with Crippen molar-refractivity contribution in [2.24, 2.45) is 14.1 Å². The fourth-order valence-corrected chi connectivity index (χ4v) is 11.5. The zero-order valence-corrected chi connectivity index (χ0v) is 37.6. The topological polar surface area (TPSA) is 218 Å². The van der Waals surface area contributed by atoms with E-state index in [1.54, 1.807) is 48.2 Å². The van der Waals surface area contributed by atoms with Crippen molar-refractivity contribution >= 4 is 89.5 Å². The van der Waals surface area contributed by atoms with Gasteiger partial charge in [0.15, 0.2) is 11.6 Å². The van der Waals surface area contributed by atoms with Crippen LogP contribution < -0.4 is 20.1 Å². The van der Waals surface area contributed by atoms with Gasteiger partial charge in [-0.3, -0.25) is 19.0 Å². The van der Waals surface area contributed by atoms with Crippen LogP contribution in [-0.4, -0.2) is 93.0 Å². The molecule has 2 amide bonds. The molecule has 2 aromatic carbocycles. The second-order valence-corrected chi connectivity index (χ2v) is 20.6. The van der Waals surface area contributed by atoms with Crippen molar-refractivity contribution in [1.29, 1.82) is 0 Å². The number of aryl methyl sites for hydroxylation is 2. The zero-order chi connectivity index (χ0) is 44.7. The molecule has 8 rings (SSSR count). The summed E-state index contributed by atoms with van der Waals surface area (Å²) in [4.78, 5) is 37.2. The van der Waals surface area contributed by atoms with Crippen molar-refractivity contribution in [3.05, 3.63) is 105 Å². The number of thiophene rings is 2. The largest absolute Gasteiger partial charge is 0.325 e. The van der Waals surface area contributed by atoms with Crippen LogP contribution in [0.1, 0.15) is 49.5 Å². The molecule has 4 aromatic heterocycles. The molecule has 0 unspecified atom stereocenters. The average molecular weight is 1000 g/mol. The minimum atomic E-state index is -3.90. The second-order valence-electron chi connectivity index (χ2n) is 14.0. The van der Waals surface area contributed by atoms with E-state index in [9.17, 15) is 35.2 Å². The van der Waals surface area contributed by atoms with Crippen LogP contribution in [0.4, 0.5) is 20.2 Å². The van der Waals surface area contributed by atoms with Crippen LogP contribution in [0.3, 0.4) is 0 Å². The molecule has 6 heterocycles. The van der Waals surface area contributed by atoms with E-state index in [0.29, 0.717) is 11.6 Å². The van der Waals surface area contributed by atoms with Crippen LogP contribution in [0.2, 0.25) is 10.0 Å². The number of amides is 2. The van der Waals surface area contributed by atoms with Crippen molar-refractivity contribution in [2.75, 3.05) is 24.7 Å². The molecule has 4 N–H and O–H groups in total. The molecule has 0 spiro atoms. The van der Waals surface area contributed by atoms with Crippen LogP contribution in [-0.2, 0) is 44.1 Å². The molecular weight excluding hydrogens is 958 g/mol. The Balaban J connectivity index is 0.000000234. The highest BCUT2D eigenvalue weighted by Crippen LogP contribution is 2.37. The summed E-state index contributed by atoms with van der Waals surface area (Å²) in [6.07, 6.45) is 3.56. The molecule has 6 aromatic rings. The third-order valence-electron chi connectivity index (χ3n) is 9.70. The highest BCUT2D eigenvalue weighted by molar-refractivity contribution is 7.87. The van der Waals surface area contributed by atoms with Gasteiger partial charge in [0.1, 0.15) is 36.4 Å². The van der Waals surface area contributed by atoms with Gasteiger partial charge < -0.3 is 10.6 Å². The smallest absolute Gasteiger partial charge is 0.280 e. The number of nitrogens with zero attached hydrogens (tertiary/aromatic N) is 8. The maximum atomic E-state index is 13.4. The Morgan fingerprint density at radius 2 is 1.03 bits per heavy atom. The maximum absolute atomic E-state index is 13.4. The molecule has 2 fully saturated rings. The maximum Gasteiger partial charge on any atom is 0.280 e. The molecule has 0 radical (unpaired) electrons. The molecule has 64 heavy (non-hydrogen) atoms. The number of benzene rings is 2. The monoisotopic (exact) mass is 1000 g/mol. The molecule has 0 bridgehead atoms. The first-order valence-electron chi connectivity index (χ1n) is 18.2. The molecule has 0 saturated carbocycles. The van der Waals surface area contributed by atoms with Gasteiger partial charge in [0.2, 0.25) is 11.8 Å². The van der Waals surface area contributed by atoms with E-state index < -0.39 is 68.0 Å². The number of nitrogens with one attached hydrogen (secondary N) is 4. The van der Waals surface area contributed by atoms with Gasteiger partial charge in [-0.25, -0.2) is 18.7 Å². The first-order valence-corrected chi connectivity index (χ1v) is 23.5. The van der Waals surface area contributed by atoms with Crippen LogP contribution in [0.25, 0.3) is 21.4 Å². The number of hydrogen-bond acceptors (Lipinski definition) is 12. The molecule has 2 aliphatic rings. The Hall–Kier alpha value is -4.76. The predicted molar refractivity (Wildman–Crippen MR) is 244 cm³/mol. The summed E-state index contributed by atoms with van der Waals surface area (Å²) in [5.41, 5.74) is 0.550. The first kappa shape index (κ1) is 50.2. The standard InChI is InChI=1S/2C18H18ClFN6O3S2.2CH4/c2*1-25-9-21-17(23-25)16-6-5-15(30-16)13-8-14(26(2)31(28,29)24-13)18(27)22-10-3-4-12(20)11(19)7-10;;/h2*3-7,9,13-14,24H,8H2,1-2H3,(H,22,27);2*1H4/t2*13-,14+;;/m10../s1. The van der Waals surface area contributed by atoms with Crippen molar-refractivity contribution in [1.82, 2.24) is 47.6 Å². The third-order valence-corrected chi connectivity index (χ3v) is 15.9. The van der Waals surface area contributed by atoms with Gasteiger partial charge in [0.05, 0.1) is 31.9 Å². The van der Waals surface area contributed by atoms with Gasteiger partial charge in [-0.2, -0.15) is 45.1 Å². The summed E-state index contributed by atoms with van der Waals surface area (Å²) in [7, 11) is -1.63. The van der Waals surface area contributed by atoms with Crippen LogP contribution in [0.15, 0.2) is 73.3 Å². The summed E-state index contributed by atoms with van der Waals surface area (Å²) in [5.74, 6) is -1.23. The van der Waals surface area contributed by atoms with Crippen molar-refractivity contribution in [3.8, 4) is 21.4 Å².